The van der Waals surface area contributed by atoms with Crippen molar-refractivity contribution < 1.29 is 0 Å². The Balaban J connectivity index is 2.64. The average Bonchev–Trinajstić information content (AvgIpc) is 2.27. The molecule has 0 saturated heterocycles. The van der Waals surface area contributed by atoms with Crippen molar-refractivity contribution >= 4 is 39.8 Å². The van der Waals surface area contributed by atoms with Gasteiger partial charge in [-0.3, -0.25) is 4.98 Å². The van der Waals surface area contributed by atoms with Gasteiger partial charge in [-0.05, 0) is 25.1 Å². The van der Waals surface area contributed by atoms with Gasteiger partial charge in [0.15, 0.2) is 0 Å². The van der Waals surface area contributed by atoms with E-state index in [0.29, 0.717) is 23.1 Å². The summed E-state index contributed by atoms with van der Waals surface area (Å²) < 4.78 is 0. The highest BCUT2D eigenvalue weighted by Crippen LogP contribution is 2.31. The summed E-state index contributed by atoms with van der Waals surface area (Å²) in [7, 11) is 0. The molecule has 2 rings (SSSR count). The number of halogens is 2. The maximum Gasteiger partial charge on any atom is 0.0913 e. The highest BCUT2D eigenvalue weighted by molar-refractivity contribution is 6.38. The number of hydrogen-bond acceptors (Lipinski definition) is 3. The molecule has 5 heteroatoms. The normalized spacial score (nSPS) is 10.8. The molecule has 0 bridgehead atoms. The predicted octanol–water partition coefficient (Wildman–Crippen LogP) is 3.22. The molecule has 3 N–H and O–H groups in total. The Labute approximate surface area is 110 Å². The molecule has 0 atom stereocenters. The van der Waals surface area contributed by atoms with Gasteiger partial charge in [0.2, 0.25) is 0 Å². The second-order valence-electron chi connectivity index (χ2n) is 3.81. The second kappa shape index (κ2) is 5.08. The molecule has 0 amide bonds. The minimum atomic E-state index is 0.562. The maximum absolute atomic E-state index is 6.14. The first kappa shape index (κ1) is 12.4. The zero-order valence-electron chi connectivity index (χ0n) is 9.43. The van der Waals surface area contributed by atoms with Crippen LogP contribution in [0.4, 0.5) is 5.69 Å². The first-order valence-corrected chi connectivity index (χ1v) is 6.07. The van der Waals surface area contributed by atoms with E-state index in [9.17, 15) is 0 Å². The molecule has 1 aromatic carbocycles. The third kappa shape index (κ3) is 2.63. The van der Waals surface area contributed by atoms with Crippen molar-refractivity contribution in [1.29, 1.82) is 0 Å². The quantitative estimate of drug-likeness (QED) is 0.900. The van der Waals surface area contributed by atoms with Gasteiger partial charge >= 0.3 is 0 Å². The molecule has 0 saturated carbocycles. The number of anilines is 1. The number of nitrogens with one attached hydrogen (secondary N) is 1. The molecule has 0 aliphatic heterocycles. The van der Waals surface area contributed by atoms with Crippen LogP contribution in [0.3, 0.4) is 0 Å². The van der Waals surface area contributed by atoms with Gasteiger partial charge in [-0.15, -0.1) is 0 Å². The molecular weight excluding hydrogens is 257 g/mol. The summed E-state index contributed by atoms with van der Waals surface area (Å²) in [5, 5.41) is 5.33. The van der Waals surface area contributed by atoms with Gasteiger partial charge in [0.25, 0.3) is 0 Å². The SMILES string of the molecule is Cc1cc(NCCN)c2cc(Cl)cc(Cl)c2n1. The van der Waals surface area contributed by atoms with Crippen LogP contribution in [-0.2, 0) is 0 Å². The standard InChI is InChI=1S/C12H13Cl2N3/c1-7-4-11(16-3-2-15)9-5-8(13)6-10(14)12(9)17-7/h4-6H,2-3,15H2,1H3,(H,16,17). The van der Waals surface area contributed by atoms with Crippen LogP contribution in [-0.4, -0.2) is 18.1 Å². The van der Waals surface area contributed by atoms with Crippen molar-refractivity contribution in [2.45, 2.75) is 6.92 Å². The molecule has 17 heavy (non-hydrogen) atoms. The molecule has 0 spiro atoms. The van der Waals surface area contributed by atoms with Crippen LogP contribution >= 0.6 is 23.2 Å². The van der Waals surface area contributed by atoms with Crippen LogP contribution in [0.5, 0.6) is 0 Å². The fourth-order valence-electron chi connectivity index (χ4n) is 1.73. The highest BCUT2D eigenvalue weighted by Gasteiger charge is 2.08. The number of aromatic nitrogens is 1. The summed E-state index contributed by atoms with van der Waals surface area (Å²) in [5.41, 5.74) is 8.11. The van der Waals surface area contributed by atoms with Gasteiger partial charge in [0, 0.05) is 34.9 Å². The van der Waals surface area contributed by atoms with Crippen LogP contribution in [0.25, 0.3) is 10.9 Å². The fraction of sp³-hybridized carbons (Fsp3) is 0.250. The largest absolute Gasteiger partial charge is 0.383 e. The Hall–Kier alpha value is -1.03. The average molecular weight is 270 g/mol. The third-order valence-corrected chi connectivity index (χ3v) is 2.93. The van der Waals surface area contributed by atoms with E-state index < -0.39 is 0 Å². The topological polar surface area (TPSA) is 50.9 Å². The Bertz CT molecular complexity index is 555. The summed E-state index contributed by atoms with van der Waals surface area (Å²) in [6, 6.07) is 5.52. The van der Waals surface area contributed by atoms with Gasteiger partial charge in [-0.1, -0.05) is 23.2 Å². The molecule has 0 aliphatic rings. The molecule has 1 heterocycles. The fourth-order valence-corrected chi connectivity index (χ4v) is 2.27. The number of fused-ring (bicyclic) bond motifs is 1. The Kier molecular flexibility index (Phi) is 3.72. The molecule has 3 nitrogen and oxygen atoms in total. The van der Waals surface area contributed by atoms with Crippen molar-refractivity contribution in [3.8, 4) is 0 Å². The molecular formula is C12H13Cl2N3. The number of hydrogen-bond donors (Lipinski definition) is 2. The van der Waals surface area contributed by atoms with Crippen molar-refractivity contribution in [3.63, 3.8) is 0 Å². The van der Waals surface area contributed by atoms with Crippen LogP contribution in [0, 0.1) is 6.92 Å². The number of benzene rings is 1. The van der Waals surface area contributed by atoms with Crippen molar-refractivity contribution in [2.75, 3.05) is 18.4 Å². The number of rotatable bonds is 3. The molecule has 0 fully saturated rings. The van der Waals surface area contributed by atoms with E-state index >= 15 is 0 Å². The Morgan fingerprint density at radius 2 is 2.06 bits per heavy atom. The Morgan fingerprint density at radius 1 is 1.29 bits per heavy atom. The minimum absolute atomic E-state index is 0.562. The number of pyridine rings is 1. The molecule has 90 valence electrons. The second-order valence-corrected chi connectivity index (χ2v) is 4.65. The van der Waals surface area contributed by atoms with Crippen molar-refractivity contribution in [3.05, 3.63) is 33.9 Å². The molecule has 0 unspecified atom stereocenters. The van der Waals surface area contributed by atoms with E-state index in [1.807, 2.05) is 19.1 Å². The monoisotopic (exact) mass is 269 g/mol. The van der Waals surface area contributed by atoms with Crippen LogP contribution in [0.15, 0.2) is 18.2 Å². The van der Waals surface area contributed by atoms with E-state index in [1.54, 1.807) is 6.07 Å². The smallest absolute Gasteiger partial charge is 0.0913 e. The van der Waals surface area contributed by atoms with E-state index in [2.05, 4.69) is 10.3 Å². The van der Waals surface area contributed by atoms with Gasteiger partial charge in [0.05, 0.1) is 10.5 Å². The van der Waals surface area contributed by atoms with Gasteiger partial charge in [0.1, 0.15) is 0 Å². The first-order valence-electron chi connectivity index (χ1n) is 5.32. The van der Waals surface area contributed by atoms with E-state index in [0.717, 1.165) is 22.3 Å². The van der Waals surface area contributed by atoms with Crippen LogP contribution < -0.4 is 11.1 Å². The van der Waals surface area contributed by atoms with Crippen LogP contribution in [0.1, 0.15) is 5.69 Å². The number of aryl methyl sites for hydroxylation is 1. The van der Waals surface area contributed by atoms with Gasteiger partial charge < -0.3 is 11.1 Å². The molecule has 0 aliphatic carbocycles. The number of nitrogens with zero attached hydrogens (tertiary/aromatic N) is 1. The molecule has 0 radical (unpaired) electrons. The summed E-state index contributed by atoms with van der Waals surface area (Å²) in [6.07, 6.45) is 0. The zero-order valence-corrected chi connectivity index (χ0v) is 10.9. The summed E-state index contributed by atoms with van der Waals surface area (Å²) in [4.78, 5) is 4.42. The van der Waals surface area contributed by atoms with Crippen molar-refractivity contribution in [1.82, 2.24) is 4.98 Å². The Morgan fingerprint density at radius 3 is 2.76 bits per heavy atom. The van der Waals surface area contributed by atoms with E-state index in [4.69, 9.17) is 28.9 Å². The number of nitrogens with two attached hydrogens (primary N) is 1. The lowest BCUT2D eigenvalue weighted by atomic mass is 10.1. The highest BCUT2D eigenvalue weighted by atomic mass is 35.5. The van der Waals surface area contributed by atoms with E-state index in [1.165, 1.54) is 0 Å². The van der Waals surface area contributed by atoms with Gasteiger partial charge in [-0.2, -0.15) is 0 Å². The molecule has 2 aromatic rings. The third-order valence-electron chi connectivity index (χ3n) is 2.42. The predicted molar refractivity (Wildman–Crippen MR) is 74.0 cm³/mol. The van der Waals surface area contributed by atoms with Gasteiger partial charge in [-0.25, -0.2) is 0 Å². The lowest BCUT2D eigenvalue weighted by molar-refractivity contribution is 1.02. The lowest BCUT2D eigenvalue weighted by Gasteiger charge is -2.11. The first-order chi connectivity index (χ1) is 8.11. The maximum atomic E-state index is 6.14. The summed E-state index contributed by atoms with van der Waals surface area (Å²) in [6.45, 7) is 3.19. The minimum Gasteiger partial charge on any atom is -0.383 e. The summed E-state index contributed by atoms with van der Waals surface area (Å²) in [5.74, 6) is 0. The van der Waals surface area contributed by atoms with Crippen LogP contribution in [0.2, 0.25) is 10.0 Å². The lowest BCUT2D eigenvalue weighted by Crippen LogP contribution is -2.13. The zero-order chi connectivity index (χ0) is 12.4. The van der Waals surface area contributed by atoms with E-state index in [-0.39, 0.29) is 0 Å². The summed E-state index contributed by atoms with van der Waals surface area (Å²) >= 11 is 12.1. The molecule has 1 aromatic heterocycles. The van der Waals surface area contributed by atoms with Crippen molar-refractivity contribution in [2.24, 2.45) is 5.73 Å².